The smallest absolute Gasteiger partial charge is 0.288 e. The van der Waals surface area contributed by atoms with Crippen LogP contribution in [0.5, 0.6) is 0 Å². The van der Waals surface area contributed by atoms with Gasteiger partial charge in [0.15, 0.2) is 0 Å². The van der Waals surface area contributed by atoms with E-state index in [-0.39, 0.29) is 16.8 Å². The lowest BCUT2D eigenvalue weighted by molar-refractivity contribution is -0.384. The van der Waals surface area contributed by atoms with Crippen molar-refractivity contribution in [2.24, 2.45) is 0 Å². The molecule has 0 saturated heterocycles. The summed E-state index contributed by atoms with van der Waals surface area (Å²) in [4.78, 5) is 10.2. The Morgan fingerprint density at radius 3 is 2.76 bits per heavy atom. The number of benzene rings is 1. The zero-order valence-electron chi connectivity index (χ0n) is 9.74. The number of aryl methyl sites for hydroxylation is 1. The van der Waals surface area contributed by atoms with Crippen LogP contribution < -0.4 is 5.32 Å². The van der Waals surface area contributed by atoms with E-state index >= 15 is 0 Å². The van der Waals surface area contributed by atoms with Crippen molar-refractivity contribution in [2.45, 2.75) is 26.4 Å². The quantitative estimate of drug-likeness (QED) is 0.629. The standard InChI is InChI=1S/C11H15ClN2O3/c1-7-5-11(14(16)17)9(12)6-10(7)13-4-3-8(2)15/h5-6,8,13,15H,3-4H2,1-2H3. The van der Waals surface area contributed by atoms with Crippen LogP contribution in [0.2, 0.25) is 5.02 Å². The molecule has 0 radical (unpaired) electrons. The second-order valence-corrected chi connectivity index (χ2v) is 4.35. The highest BCUT2D eigenvalue weighted by Crippen LogP contribution is 2.30. The minimum atomic E-state index is -0.505. The largest absolute Gasteiger partial charge is 0.393 e. The number of nitrogens with zero attached hydrogens (tertiary/aromatic N) is 1. The highest BCUT2D eigenvalue weighted by Gasteiger charge is 2.14. The fourth-order valence-electron chi connectivity index (χ4n) is 1.41. The Morgan fingerprint density at radius 2 is 2.24 bits per heavy atom. The van der Waals surface area contributed by atoms with E-state index in [0.717, 1.165) is 11.3 Å². The summed E-state index contributed by atoms with van der Waals surface area (Å²) in [7, 11) is 0. The minimum absolute atomic E-state index is 0.0924. The second-order valence-electron chi connectivity index (χ2n) is 3.94. The predicted molar refractivity (Wildman–Crippen MR) is 67.6 cm³/mol. The van der Waals surface area contributed by atoms with E-state index in [1.165, 1.54) is 12.1 Å². The molecule has 94 valence electrons. The second kappa shape index (κ2) is 5.84. The van der Waals surface area contributed by atoms with Crippen LogP contribution in [0.1, 0.15) is 18.9 Å². The zero-order chi connectivity index (χ0) is 13.0. The van der Waals surface area contributed by atoms with E-state index in [0.29, 0.717) is 13.0 Å². The first-order valence-corrected chi connectivity index (χ1v) is 5.66. The van der Waals surface area contributed by atoms with Crippen molar-refractivity contribution in [2.75, 3.05) is 11.9 Å². The first kappa shape index (κ1) is 13.7. The molecule has 0 aliphatic heterocycles. The van der Waals surface area contributed by atoms with Crippen LogP contribution in [0.3, 0.4) is 0 Å². The maximum Gasteiger partial charge on any atom is 0.288 e. The Bertz CT molecular complexity index is 421. The topological polar surface area (TPSA) is 75.4 Å². The van der Waals surface area contributed by atoms with Crippen molar-refractivity contribution < 1.29 is 10.0 Å². The van der Waals surface area contributed by atoms with Gasteiger partial charge in [0.1, 0.15) is 5.02 Å². The number of anilines is 1. The zero-order valence-corrected chi connectivity index (χ0v) is 10.5. The average Bonchev–Trinajstić information content (AvgIpc) is 2.21. The lowest BCUT2D eigenvalue weighted by Crippen LogP contribution is -2.10. The minimum Gasteiger partial charge on any atom is -0.393 e. The summed E-state index contributed by atoms with van der Waals surface area (Å²) in [5, 5.41) is 23.0. The Labute approximate surface area is 105 Å². The molecule has 5 nitrogen and oxygen atoms in total. The van der Waals surface area contributed by atoms with Crippen molar-refractivity contribution in [3.05, 3.63) is 32.8 Å². The molecule has 0 aromatic heterocycles. The molecule has 0 amide bonds. The predicted octanol–water partition coefficient (Wildman–Crippen LogP) is 2.74. The summed E-state index contributed by atoms with van der Waals surface area (Å²) in [6.07, 6.45) is 0.227. The van der Waals surface area contributed by atoms with Gasteiger partial charge in [-0.15, -0.1) is 0 Å². The van der Waals surface area contributed by atoms with Gasteiger partial charge in [-0.25, -0.2) is 0 Å². The Kier molecular flexibility index (Phi) is 4.72. The van der Waals surface area contributed by atoms with Gasteiger partial charge in [-0.2, -0.15) is 0 Å². The summed E-state index contributed by atoms with van der Waals surface area (Å²) in [6.45, 7) is 4.07. The van der Waals surface area contributed by atoms with Crippen LogP contribution in [-0.2, 0) is 0 Å². The van der Waals surface area contributed by atoms with Crippen molar-refractivity contribution >= 4 is 23.0 Å². The molecule has 0 heterocycles. The summed E-state index contributed by atoms with van der Waals surface area (Å²) in [5.74, 6) is 0. The average molecular weight is 259 g/mol. The van der Waals surface area contributed by atoms with Crippen molar-refractivity contribution in [1.29, 1.82) is 0 Å². The molecule has 1 unspecified atom stereocenters. The Morgan fingerprint density at radius 1 is 1.59 bits per heavy atom. The van der Waals surface area contributed by atoms with E-state index in [4.69, 9.17) is 16.7 Å². The number of aliphatic hydroxyl groups excluding tert-OH is 1. The van der Waals surface area contributed by atoms with E-state index in [1.807, 2.05) is 0 Å². The van der Waals surface area contributed by atoms with Gasteiger partial charge in [-0.1, -0.05) is 11.6 Å². The molecular formula is C11H15ClN2O3. The van der Waals surface area contributed by atoms with Crippen LogP contribution >= 0.6 is 11.6 Å². The van der Waals surface area contributed by atoms with Gasteiger partial charge in [0.2, 0.25) is 0 Å². The van der Waals surface area contributed by atoms with Gasteiger partial charge in [0.05, 0.1) is 11.0 Å². The number of halogens is 1. The molecule has 1 aromatic rings. The van der Waals surface area contributed by atoms with Crippen LogP contribution in [-0.4, -0.2) is 22.7 Å². The summed E-state index contributed by atoms with van der Waals surface area (Å²) in [5.41, 5.74) is 1.41. The monoisotopic (exact) mass is 258 g/mol. The number of rotatable bonds is 5. The highest BCUT2D eigenvalue weighted by atomic mass is 35.5. The fraction of sp³-hybridized carbons (Fsp3) is 0.455. The van der Waals surface area contributed by atoms with Gasteiger partial charge in [0.25, 0.3) is 5.69 Å². The van der Waals surface area contributed by atoms with Gasteiger partial charge in [-0.3, -0.25) is 10.1 Å². The van der Waals surface area contributed by atoms with Crippen molar-refractivity contribution in [3.63, 3.8) is 0 Å². The molecule has 0 saturated carbocycles. The van der Waals surface area contributed by atoms with Crippen LogP contribution in [0.25, 0.3) is 0 Å². The third kappa shape index (κ3) is 3.87. The molecule has 0 fully saturated rings. The Hall–Kier alpha value is -1.33. The molecule has 1 rings (SSSR count). The van der Waals surface area contributed by atoms with Gasteiger partial charge >= 0.3 is 0 Å². The first-order valence-electron chi connectivity index (χ1n) is 5.28. The van der Waals surface area contributed by atoms with Crippen LogP contribution in [0.15, 0.2) is 12.1 Å². The lowest BCUT2D eigenvalue weighted by atomic mass is 10.1. The maximum atomic E-state index is 10.7. The molecule has 0 aliphatic rings. The highest BCUT2D eigenvalue weighted by molar-refractivity contribution is 6.33. The molecule has 17 heavy (non-hydrogen) atoms. The summed E-state index contributed by atoms with van der Waals surface area (Å²) in [6, 6.07) is 2.98. The van der Waals surface area contributed by atoms with Crippen molar-refractivity contribution in [3.8, 4) is 0 Å². The maximum absolute atomic E-state index is 10.7. The molecular weight excluding hydrogens is 244 g/mol. The van der Waals surface area contributed by atoms with Crippen LogP contribution in [0.4, 0.5) is 11.4 Å². The van der Waals surface area contributed by atoms with E-state index in [1.54, 1.807) is 13.8 Å². The van der Waals surface area contributed by atoms with Crippen molar-refractivity contribution in [1.82, 2.24) is 0 Å². The van der Waals surface area contributed by atoms with Gasteiger partial charge in [-0.05, 0) is 31.9 Å². The molecule has 1 atom stereocenters. The number of aliphatic hydroxyl groups is 1. The van der Waals surface area contributed by atoms with Gasteiger partial charge in [0, 0.05) is 18.3 Å². The molecule has 2 N–H and O–H groups in total. The SMILES string of the molecule is Cc1cc([N+](=O)[O-])c(Cl)cc1NCCC(C)O. The number of hydrogen-bond acceptors (Lipinski definition) is 4. The number of nitrogens with one attached hydrogen (secondary N) is 1. The van der Waals surface area contributed by atoms with E-state index in [9.17, 15) is 10.1 Å². The summed E-state index contributed by atoms with van der Waals surface area (Å²) < 4.78 is 0. The summed E-state index contributed by atoms with van der Waals surface area (Å²) >= 11 is 5.81. The van der Waals surface area contributed by atoms with E-state index < -0.39 is 4.92 Å². The number of hydrogen-bond donors (Lipinski definition) is 2. The molecule has 0 aliphatic carbocycles. The number of nitro groups is 1. The molecule has 1 aromatic carbocycles. The fourth-order valence-corrected chi connectivity index (χ4v) is 1.65. The van der Waals surface area contributed by atoms with Crippen LogP contribution in [0, 0.1) is 17.0 Å². The molecule has 0 bridgehead atoms. The lowest BCUT2D eigenvalue weighted by Gasteiger charge is -2.11. The molecule has 0 spiro atoms. The van der Waals surface area contributed by atoms with E-state index in [2.05, 4.69) is 5.32 Å². The third-order valence-corrected chi connectivity index (χ3v) is 2.67. The van der Waals surface area contributed by atoms with Gasteiger partial charge < -0.3 is 10.4 Å². The Balaban J connectivity index is 2.81. The first-order chi connectivity index (χ1) is 7.91. The number of nitro benzene ring substituents is 1. The molecule has 6 heteroatoms. The normalized spacial score (nSPS) is 12.2. The third-order valence-electron chi connectivity index (χ3n) is 2.37.